The van der Waals surface area contributed by atoms with E-state index in [1.807, 2.05) is 29.3 Å². The summed E-state index contributed by atoms with van der Waals surface area (Å²) in [6.45, 7) is 4.43. The molecule has 24 heavy (non-hydrogen) atoms. The van der Waals surface area contributed by atoms with E-state index in [-0.39, 0.29) is 17.9 Å². The smallest absolute Gasteiger partial charge is 0.264 e. The first-order valence-corrected chi connectivity index (χ1v) is 8.85. The second-order valence-corrected chi connectivity index (χ2v) is 6.82. The van der Waals surface area contributed by atoms with Crippen LogP contribution in [-0.4, -0.2) is 33.2 Å². The van der Waals surface area contributed by atoms with E-state index >= 15 is 0 Å². The maximum Gasteiger partial charge on any atom is 0.264 e. The Morgan fingerprint density at radius 1 is 1.46 bits per heavy atom. The van der Waals surface area contributed by atoms with Gasteiger partial charge in [0.05, 0.1) is 16.6 Å². The molecule has 6 nitrogen and oxygen atoms in total. The van der Waals surface area contributed by atoms with E-state index in [0.717, 1.165) is 35.5 Å². The molecule has 1 atom stereocenters. The van der Waals surface area contributed by atoms with Crippen LogP contribution in [0.1, 0.15) is 52.6 Å². The number of rotatable bonds is 4. The topological polar surface area (TPSA) is 75.2 Å². The van der Waals surface area contributed by atoms with Crippen molar-refractivity contribution in [3.63, 3.8) is 0 Å². The fraction of sp³-hybridized carbons (Fsp3) is 0.412. The Morgan fingerprint density at radius 2 is 2.29 bits per heavy atom. The van der Waals surface area contributed by atoms with Crippen molar-refractivity contribution in [3.8, 4) is 0 Å². The molecular formula is C17H20N4O2S. The van der Waals surface area contributed by atoms with Crippen LogP contribution in [-0.2, 0) is 11.3 Å². The van der Waals surface area contributed by atoms with Crippen LogP contribution in [0.3, 0.4) is 0 Å². The number of hydrogen-bond acceptors (Lipinski definition) is 5. The van der Waals surface area contributed by atoms with Crippen molar-refractivity contribution in [2.45, 2.75) is 39.3 Å². The summed E-state index contributed by atoms with van der Waals surface area (Å²) in [6, 6.07) is 3.68. The van der Waals surface area contributed by atoms with Crippen molar-refractivity contribution in [3.05, 3.63) is 45.7 Å². The zero-order valence-corrected chi connectivity index (χ0v) is 14.6. The summed E-state index contributed by atoms with van der Waals surface area (Å²) in [5.74, 6) is 0.626. The van der Waals surface area contributed by atoms with Gasteiger partial charge in [-0.25, -0.2) is 9.97 Å². The van der Waals surface area contributed by atoms with Crippen LogP contribution >= 0.6 is 11.3 Å². The van der Waals surface area contributed by atoms with Crippen molar-refractivity contribution < 1.29 is 9.59 Å². The zero-order chi connectivity index (χ0) is 17.1. The Bertz CT molecular complexity index is 745. The number of aromatic nitrogens is 2. The van der Waals surface area contributed by atoms with Crippen molar-refractivity contribution in [1.82, 2.24) is 20.2 Å². The Hall–Kier alpha value is -2.28. The molecule has 1 fully saturated rings. The quantitative estimate of drug-likeness (QED) is 0.924. The molecule has 3 rings (SSSR count). The van der Waals surface area contributed by atoms with Crippen molar-refractivity contribution in [2.75, 3.05) is 6.54 Å². The number of carbonyl (C=O) groups is 2. The molecule has 1 saturated heterocycles. The Morgan fingerprint density at radius 3 is 3.00 bits per heavy atom. The number of hydrogen-bond donors (Lipinski definition) is 1. The van der Waals surface area contributed by atoms with Gasteiger partial charge in [0.2, 0.25) is 5.91 Å². The van der Waals surface area contributed by atoms with E-state index in [0.29, 0.717) is 12.4 Å². The maximum absolute atomic E-state index is 12.8. The minimum Gasteiger partial charge on any atom is -0.352 e. The highest BCUT2D eigenvalue weighted by atomic mass is 32.1. The first kappa shape index (κ1) is 16.6. The summed E-state index contributed by atoms with van der Waals surface area (Å²) in [4.78, 5) is 35.5. The molecule has 0 spiro atoms. The number of amides is 2. The summed E-state index contributed by atoms with van der Waals surface area (Å²) in [5, 5.41) is 4.71. The molecule has 0 aliphatic carbocycles. The van der Waals surface area contributed by atoms with E-state index in [9.17, 15) is 9.59 Å². The first-order chi connectivity index (χ1) is 11.6. The molecule has 0 aromatic carbocycles. The maximum atomic E-state index is 12.8. The predicted octanol–water partition coefficient (Wildman–Crippen LogP) is 2.46. The lowest BCUT2D eigenvalue weighted by Crippen LogP contribution is -2.32. The van der Waals surface area contributed by atoms with E-state index in [1.54, 1.807) is 6.20 Å². The molecule has 0 unspecified atom stereocenters. The van der Waals surface area contributed by atoms with Gasteiger partial charge < -0.3 is 10.2 Å². The molecule has 1 aliphatic rings. The van der Waals surface area contributed by atoms with Crippen molar-refractivity contribution >= 4 is 23.2 Å². The third kappa shape index (κ3) is 3.46. The van der Waals surface area contributed by atoms with Gasteiger partial charge in [-0.05, 0) is 31.2 Å². The van der Waals surface area contributed by atoms with Gasteiger partial charge in [0.25, 0.3) is 5.91 Å². The standard InChI is InChI=1S/C17H20N4O2S/c1-11-18-9-13(10-19-12(2)22)16(20-11)14-5-3-7-21(14)17(23)15-6-4-8-24-15/h4,6,8-9,14H,3,5,7,10H2,1-2H3,(H,19,22)/t14-/m1/s1. The van der Waals surface area contributed by atoms with E-state index < -0.39 is 0 Å². The van der Waals surface area contributed by atoms with Crippen LogP contribution in [0.5, 0.6) is 0 Å². The molecule has 0 saturated carbocycles. The minimum absolute atomic E-state index is 0.0502. The molecule has 0 bridgehead atoms. The molecule has 1 aliphatic heterocycles. The number of aryl methyl sites for hydroxylation is 1. The summed E-state index contributed by atoms with van der Waals surface area (Å²) >= 11 is 1.46. The molecule has 1 N–H and O–H groups in total. The van der Waals surface area contributed by atoms with Crippen LogP contribution in [0.15, 0.2) is 23.7 Å². The van der Waals surface area contributed by atoms with Gasteiger partial charge >= 0.3 is 0 Å². The van der Waals surface area contributed by atoms with Gasteiger partial charge in [-0.2, -0.15) is 0 Å². The van der Waals surface area contributed by atoms with Gasteiger partial charge in [0.15, 0.2) is 0 Å². The SMILES string of the molecule is CC(=O)NCc1cnc(C)nc1[C@H]1CCCN1C(=O)c1cccs1. The van der Waals surface area contributed by atoms with Gasteiger partial charge in [0, 0.05) is 31.8 Å². The molecule has 2 amide bonds. The summed E-state index contributed by atoms with van der Waals surface area (Å²) in [7, 11) is 0. The van der Waals surface area contributed by atoms with E-state index in [2.05, 4.69) is 15.3 Å². The van der Waals surface area contributed by atoms with Gasteiger partial charge in [0.1, 0.15) is 5.82 Å². The summed E-state index contributed by atoms with van der Waals surface area (Å²) in [5.41, 5.74) is 1.71. The number of nitrogens with one attached hydrogen (secondary N) is 1. The van der Waals surface area contributed by atoms with Crippen LogP contribution in [0.25, 0.3) is 0 Å². The van der Waals surface area contributed by atoms with Crippen LogP contribution in [0.4, 0.5) is 0 Å². The molecule has 0 radical (unpaired) electrons. The summed E-state index contributed by atoms with van der Waals surface area (Å²) < 4.78 is 0. The molecular weight excluding hydrogens is 324 g/mol. The molecule has 3 heterocycles. The first-order valence-electron chi connectivity index (χ1n) is 7.97. The highest BCUT2D eigenvalue weighted by molar-refractivity contribution is 7.12. The molecule has 2 aromatic heterocycles. The molecule has 7 heteroatoms. The third-order valence-corrected chi connectivity index (χ3v) is 4.97. The van der Waals surface area contributed by atoms with E-state index in [4.69, 9.17) is 0 Å². The second-order valence-electron chi connectivity index (χ2n) is 5.87. The average molecular weight is 344 g/mol. The fourth-order valence-electron chi connectivity index (χ4n) is 2.99. The predicted molar refractivity (Wildman–Crippen MR) is 91.6 cm³/mol. The largest absolute Gasteiger partial charge is 0.352 e. The molecule has 126 valence electrons. The number of thiophene rings is 1. The lowest BCUT2D eigenvalue weighted by atomic mass is 10.1. The van der Waals surface area contributed by atoms with Gasteiger partial charge in [-0.15, -0.1) is 11.3 Å². The fourth-order valence-corrected chi connectivity index (χ4v) is 3.67. The number of nitrogens with zero attached hydrogens (tertiary/aromatic N) is 3. The lowest BCUT2D eigenvalue weighted by molar-refractivity contribution is -0.119. The average Bonchev–Trinajstić information content (AvgIpc) is 3.24. The Kier molecular flexibility index (Phi) is 4.89. The highest BCUT2D eigenvalue weighted by Gasteiger charge is 2.33. The minimum atomic E-state index is -0.0977. The summed E-state index contributed by atoms with van der Waals surface area (Å²) in [6.07, 6.45) is 3.57. The van der Waals surface area contributed by atoms with Gasteiger partial charge in [-0.1, -0.05) is 6.07 Å². The Balaban J connectivity index is 1.90. The van der Waals surface area contributed by atoms with Crippen molar-refractivity contribution in [1.29, 1.82) is 0 Å². The number of likely N-dealkylation sites (tertiary alicyclic amines) is 1. The second kappa shape index (κ2) is 7.09. The Labute approximate surface area is 144 Å². The molecule has 2 aromatic rings. The van der Waals surface area contributed by atoms with Crippen LogP contribution in [0, 0.1) is 6.92 Å². The zero-order valence-electron chi connectivity index (χ0n) is 13.8. The third-order valence-electron chi connectivity index (χ3n) is 4.11. The number of carbonyl (C=O) groups excluding carboxylic acids is 2. The lowest BCUT2D eigenvalue weighted by Gasteiger charge is -2.25. The normalized spacial score (nSPS) is 17.1. The van der Waals surface area contributed by atoms with Gasteiger partial charge in [-0.3, -0.25) is 9.59 Å². The van der Waals surface area contributed by atoms with E-state index in [1.165, 1.54) is 18.3 Å². The van der Waals surface area contributed by atoms with Crippen LogP contribution < -0.4 is 5.32 Å². The van der Waals surface area contributed by atoms with Crippen molar-refractivity contribution in [2.24, 2.45) is 0 Å². The highest BCUT2D eigenvalue weighted by Crippen LogP contribution is 2.34. The van der Waals surface area contributed by atoms with Crippen LogP contribution in [0.2, 0.25) is 0 Å². The monoisotopic (exact) mass is 344 g/mol.